The van der Waals surface area contributed by atoms with Gasteiger partial charge in [0.15, 0.2) is 0 Å². The number of amides is 1. The van der Waals surface area contributed by atoms with Crippen LogP contribution in [0.5, 0.6) is 0 Å². The van der Waals surface area contributed by atoms with E-state index in [2.05, 4.69) is 45.3 Å². The fraction of sp³-hybridized carbons (Fsp3) is 0.292. The maximum atomic E-state index is 13.5. The quantitative estimate of drug-likeness (QED) is 0.485. The van der Waals surface area contributed by atoms with Gasteiger partial charge >= 0.3 is 0 Å². The van der Waals surface area contributed by atoms with E-state index in [9.17, 15) is 4.79 Å². The van der Waals surface area contributed by atoms with E-state index in [4.69, 9.17) is 4.98 Å². The largest absolute Gasteiger partial charge is 0.348 e. The van der Waals surface area contributed by atoms with Crippen molar-refractivity contribution in [3.63, 3.8) is 0 Å². The maximum absolute atomic E-state index is 13.5. The van der Waals surface area contributed by atoms with Gasteiger partial charge in [-0.2, -0.15) is 4.98 Å². The predicted octanol–water partition coefficient (Wildman–Crippen LogP) is 6.00. The molecule has 1 amide bonds. The lowest BCUT2D eigenvalue weighted by molar-refractivity contribution is 0.0976. The van der Waals surface area contributed by atoms with Gasteiger partial charge in [-0.15, -0.1) is 0 Å². The van der Waals surface area contributed by atoms with E-state index < -0.39 is 0 Å². The highest BCUT2D eigenvalue weighted by Crippen LogP contribution is 2.30. The fourth-order valence-corrected chi connectivity index (χ4v) is 4.35. The summed E-state index contributed by atoms with van der Waals surface area (Å²) in [7, 11) is 0. The molecule has 1 aromatic heterocycles. The molecule has 1 fully saturated rings. The normalized spacial score (nSPS) is 15.0. The summed E-state index contributed by atoms with van der Waals surface area (Å²) < 4.78 is 0.890. The Balaban J connectivity index is 1.62. The Kier molecular flexibility index (Phi) is 6.43. The van der Waals surface area contributed by atoms with Gasteiger partial charge in [0.05, 0.1) is 6.04 Å². The van der Waals surface area contributed by atoms with E-state index in [-0.39, 0.29) is 18.0 Å². The van der Waals surface area contributed by atoms with Gasteiger partial charge in [0.1, 0.15) is 5.82 Å². The molecule has 5 nitrogen and oxygen atoms in total. The number of benzene rings is 2. The first-order chi connectivity index (χ1) is 14.6. The molecule has 1 N–H and O–H groups in total. The molecule has 3 aromatic rings. The molecule has 30 heavy (non-hydrogen) atoms. The first kappa shape index (κ1) is 20.5. The lowest BCUT2D eigenvalue weighted by atomic mass is 10.1. The van der Waals surface area contributed by atoms with Crippen molar-refractivity contribution in [2.24, 2.45) is 0 Å². The van der Waals surface area contributed by atoms with Crippen LogP contribution in [0.1, 0.15) is 54.6 Å². The molecule has 154 valence electrons. The summed E-state index contributed by atoms with van der Waals surface area (Å²) in [5.74, 6) is 1.14. The van der Waals surface area contributed by atoms with Crippen molar-refractivity contribution in [1.29, 1.82) is 0 Å². The standard InChI is InChI=1S/C24H25BrN4O/c1-17(18-8-3-2-4-9-18)27-24-26-15-14-22(28-24)29(21-12-5-6-13-21)23(30)19-10-7-11-20(25)16-19/h2-4,7-11,14-17,21H,5-6,12-13H2,1H3,(H,26,27,28)/t17-/m0/s1. The van der Waals surface area contributed by atoms with Crippen molar-refractivity contribution in [3.05, 3.63) is 82.5 Å². The number of carbonyl (C=O) groups excluding carboxylic acids is 1. The molecule has 4 rings (SSSR count). The minimum absolute atomic E-state index is 0.0241. The lowest BCUT2D eigenvalue weighted by Gasteiger charge is -2.28. The Morgan fingerprint density at radius 1 is 1.10 bits per heavy atom. The summed E-state index contributed by atoms with van der Waals surface area (Å²) in [5.41, 5.74) is 1.81. The minimum atomic E-state index is -0.0241. The van der Waals surface area contributed by atoms with E-state index in [1.807, 2.05) is 53.4 Å². The average Bonchev–Trinajstić information content (AvgIpc) is 3.29. The number of hydrogen-bond acceptors (Lipinski definition) is 4. The highest BCUT2D eigenvalue weighted by molar-refractivity contribution is 9.10. The Morgan fingerprint density at radius 2 is 1.87 bits per heavy atom. The molecule has 0 bridgehead atoms. The molecule has 1 aliphatic rings. The predicted molar refractivity (Wildman–Crippen MR) is 124 cm³/mol. The van der Waals surface area contributed by atoms with Gasteiger partial charge < -0.3 is 5.32 Å². The van der Waals surface area contributed by atoms with Gasteiger partial charge in [-0.05, 0) is 49.6 Å². The first-order valence-electron chi connectivity index (χ1n) is 10.4. The van der Waals surface area contributed by atoms with Crippen LogP contribution in [0.2, 0.25) is 0 Å². The number of nitrogens with zero attached hydrogens (tertiary/aromatic N) is 3. The van der Waals surface area contributed by atoms with E-state index in [0.717, 1.165) is 35.7 Å². The van der Waals surface area contributed by atoms with Crippen molar-refractivity contribution in [1.82, 2.24) is 9.97 Å². The second kappa shape index (κ2) is 9.39. The topological polar surface area (TPSA) is 58.1 Å². The van der Waals surface area contributed by atoms with Crippen LogP contribution in [-0.4, -0.2) is 21.9 Å². The van der Waals surface area contributed by atoms with Gasteiger partial charge in [-0.1, -0.05) is 65.2 Å². The Labute approximate surface area is 185 Å². The number of carbonyl (C=O) groups is 1. The van der Waals surface area contributed by atoms with Crippen molar-refractivity contribution in [2.75, 3.05) is 10.2 Å². The van der Waals surface area contributed by atoms with E-state index in [1.54, 1.807) is 6.20 Å². The molecule has 0 aliphatic heterocycles. The van der Waals surface area contributed by atoms with Gasteiger partial charge in [0, 0.05) is 22.3 Å². The monoisotopic (exact) mass is 464 g/mol. The number of nitrogens with one attached hydrogen (secondary N) is 1. The lowest BCUT2D eigenvalue weighted by Crippen LogP contribution is -2.39. The molecule has 1 aliphatic carbocycles. The van der Waals surface area contributed by atoms with Crippen LogP contribution in [0.3, 0.4) is 0 Å². The SMILES string of the molecule is C[C@H](Nc1nccc(N(C(=O)c2cccc(Br)c2)C2CCCC2)n1)c1ccccc1. The van der Waals surface area contributed by atoms with Crippen molar-refractivity contribution >= 4 is 33.6 Å². The number of anilines is 2. The molecule has 6 heteroatoms. The molecule has 2 aromatic carbocycles. The van der Waals surface area contributed by atoms with Gasteiger partial charge in [-0.3, -0.25) is 9.69 Å². The number of hydrogen-bond donors (Lipinski definition) is 1. The van der Waals surface area contributed by atoms with E-state index in [1.165, 1.54) is 0 Å². The maximum Gasteiger partial charge on any atom is 0.259 e. The van der Waals surface area contributed by atoms with Crippen molar-refractivity contribution in [3.8, 4) is 0 Å². The molecule has 0 radical (unpaired) electrons. The van der Waals surface area contributed by atoms with Crippen LogP contribution in [0.4, 0.5) is 11.8 Å². The summed E-state index contributed by atoms with van der Waals surface area (Å²) in [6, 6.07) is 19.8. The second-order valence-electron chi connectivity index (χ2n) is 7.64. The molecular formula is C24H25BrN4O. The van der Waals surface area contributed by atoms with Crippen LogP contribution in [0.15, 0.2) is 71.3 Å². The van der Waals surface area contributed by atoms with Crippen LogP contribution >= 0.6 is 15.9 Å². The van der Waals surface area contributed by atoms with E-state index >= 15 is 0 Å². The fourth-order valence-electron chi connectivity index (χ4n) is 3.95. The zero-order valence-corrected chi connectivity index (χ0v) is 18.5. The first-order valence-corrected chi connectivity index (χ1v) is 11.1. The zero-order chi connectivity index (χ0) is 20.9. The molecule has 1 saturated carbocycles. The Morgan fingerprint density at radius 3 is 2.60 bits per heavy atom. The molecule has 0 unspecified atom stereocenters. The van der Waals surface area contributed by atoms with Crippen molar-refractivity contribution < 1.29 is 4.79 Å². The van der Waals surface area contributed by atoms with Gasteiger partial charge in [0.2, 0.25) is 5.95 Å². The third-order valence-corrected chi connectivity index (χ3v) is 6.01. The molecular weight excluding hydrogens is 440 g/mol. The van der Waals surface area contributed by atoms with Crippen LogP contribution in [0, 0.1) is 0 Å². The van der Waals surface area contributed by atoms with Gasteiger partial charge in [0.25, 0.3) is 5.91 Å². The Bertz CT molecular complexity index is 1000. The molecule has 0 saturated heterocycles. The second-order valence-corrected chi connectivity index (χ2v) is 8.55. The summed E-state index contributed by atoms with van der Waals surface area (Å²) in [6.45, 7) is 2.08. The van der Waals surface area contributed by atoms with Crippen LogP contribution in [0.25, 0.3) is 0 Å². The summed E-state index contributed by atoms with van der Waals surface area (Å²) in [4.78, 5) is 24.4. The third kappa shape index (κ3) is 4.70. The highest BCUT2D eigenvalue weighted by Gasteiger charge is 2.30. The number of halogens is 1. The summed E-state index contributed by atoms with van der Waals surface area (Å²) >= 11 is 3.47. The van der Waals surface area contributed by atoms with E-state index in [0.29, 0.717) is 17.3 Å². The van der Waals surface area contributed by atoms with Gasteiger partial charge in [-0.25, -0.2) is 4.98 Å². The smallest absolute Gasteiger partial charge is 0.259 e. The number of rotatable bonds is 6. The minimum Gasteiger partial charge on any atom is -0.348 e. The van der Waals surface area contributed by atoms with Crippen molar-refractivity contribution in [2.45, 2.75) is 44.7 Å². The third-order valence-electron chi connectivity index (χ3n) is 5.51. The zero-order valence-electron chi connectivity index (χ0n) is 17.0. The summed E-state index contributed by atoms with van der Waals surface area (Å²) in [5, 5.41) is 3.36. The van der Waals surface area contributed by atoms with Crippen LogP contribution in [-0.2, 0) is 0 Å². The van der Waals surface area contributed by atoms with Crippen LogP contribution < -0.4 is 10.2 Å². The molecule has 0 spiro atoms. The Hall–Kier alpha value is -2.73. The molecule has 1 heterocycles. The summed E-state index contributed by atoms with van der Waals surface area (Å²) in [6.07, 6.45) is 5.97. The molecule has 1 atom stereocenters. The highest BCUT2D eigenvalue weighted by atomic mass is 79.9. The number of aromatic nitrogens is 2. The average molecular weight is 465 g/mol.